The summed E-state index contributed by atoms with van der Waals surface area (Å²) in [4.78, 5) is 0. The molecule has 1 unspecified atom stereocenters. The second kappa shape index (κ2) is 4.62. The molecule has 0 radical (unpaired) electrons. The normalized spacial score (nSPS) is 24.4. The summed E-state index contributed by atoms with van der Waals surface area (Å²) in [5.41, 5.74) is 0.516. The highest BCUT2D eigenvalue weighted by atomic mass is 32.2. The number of nitrogens with zero attached hydrogens (tertiary/aromatic N) is 1. The van der Waals surface area contributed by atoms with Crippen LogP contribution in [0.2, 0.25) is 0 Å². The van der Waals surface area contributed by atoms with Crippen LogP contribution in [0, 0.1) is 5.82 Å². The van der Waals surface area contributed by atoms with Gasteiger partial charge in [0.15, 0.2) is 0 Å². The molecular weight excluding hydrogens is 243 g/mol. The van der Waals surface area contributed by atoms with E-state index < -0.39 is 10.0 Å². The van der Waals surface area contributed by atoms with E-state index in [2.05, 4.69) is 5.32 Å². The Kier molecular flexibility index (Phi) is 3.35. The van der Waals surface area contributed by atoms with Crippen molar-refractivity contribution in [2.24, 2.45) is 0 Å². The van der Waals surface area contributed by atoms with Gasteiger partial charge in [0.05, 0.1) is 17.5 Å². The van der Waals surface area contributed by atoms with Gasteiger partial charge in [-0.25, -0.2) is 12.8 Å². The van der Waals surface area contributed by atoms with E-state index in [1.165, 1.54) is 28.6 Å². The van der Waals surface area contributed by atoms with Gasteiger partial charge in [-0.2, -0.15) is 0 Å². The van der Waals surface area contributed by atoms with Crippen molar-refractivity contribution >= 4 is 15.7 Å². The van der Waals surface area contributed by atoms with Crippen molar-refractivity contribution in [3.05, 3.63) is 30.1 Å². The highest BCUT2D eigenvalue weighted by Gasteiger charge is 2.29. The quantitative estimate of drug-likeness (QED) is 0.816. The van der Waals surface area contributed by atoms with E-state index in [4.69, 9.17) is 0 Å². The van der Waals surface area contributed by atoms with Crippen molar-refractivity contribution < 1.29 is 12.8 Å². The van der Waals surface area contributed by atoms with Crippen LogP contribution in [0.15, 0.2) is 24.3 Å². The summed E-state index contributed by atoms with van der Waals surface area (Å²) < 4.78 is 38.4. The van der Waals surface area contributed by atoms with Crippen molar-refractivity contribution in [2.75, 3.05) is 23.1 Å². The van der Waals surface area contributed by atoms with Crippen LogP contribution in [-0.4, -0.2) is 33.3 Å². The Morgan fingerprint density at radius 2 is 2.00 bits per heavy atom. The monoisotopic (exact) mass is 258 g/mol. The van der Waals surface area contributed by atoms with Crippen LogP contribution in [0.3, 0.4) is 0 Å². The molecule has 0 aliphatic carbocycles. The summed E-state index contributed by atoms with van der Waals surface area (Å²) in [6.45, 7) is 2.88. The molecule has 0 aromatic heterocycles. The number of halogens is 1. The van der Waals surface area contributed by atoms with E-state index in [0.29, 0.717) is 18.8 Å². The Bertz CT molecular complexity index is 487. The van der Waals surface area contributed by atoms with E-state index in [9.17, 15) is 12.8 Å². The number of hydrogen-bond acceptors (Lipinski definition) is 3. The summed E-state index contributed by atoms with van der Waals surface area (Å²) in [5.74, 6) is -0.305. The van der Waals surface area contributed by atoms with Crippen LogP contribution in [0.4, 0.5) is 10.1 Å². The molecule has 94 valence electrons. The van der Waals surface area contributed by atoms with Gasteiger partial charge in [0, 0.05) is 13.1 Å². The van der Waals surface area contributed by atoms with Gasteiger partial charge in [-0.15, -0.1) is 0 Å². The Morgan fingerprint density at radius 1 is 1.35 bits per heavy atom. The van der Waals surface area contributed by atoms with Crippen LogP contribution in [0.25, 0.3) is 0 Å². The van der Waals surface area contributed by atoms with Crippen LogP contribution in [0.5, 0.6) is 0 Å². The number of hydrogen-bond donors (Lipinski definition) is 1. The maximum absolute atomic E-state index is 12.8. The first kappa shape index (κ1) is 12.3. The SMILES string of the molecule is CC1CNCCS(=O)(=O)N1c1ccc(F)cc1. The number of nitrogens with one attached hydrogen (secondary N) is 1. The molecule has 1 aliphatic rings. The Hall–Kier alpha value is -1.14. The van der Waals surface area contributed by atoms with E-state index >= 15 is 0 Å². The highest BCUT2D eigenvalue weighted by Crippen LogP contribution is 2.22. The van der Waals surface area contributed by atoms with Crippen LogP contribution < -0.4 is 9.62 Å². The molecule has 0 saturated carbocycles. The average molecular weight is 258 g/mol. The van der Waals surface area contributed by atoms with Gasteiger partial charge in [0.25, 0.3) is 0 Å². The lowest BCUT2D eigenvalue weighted by molar-refractivity contribution is 0.585. The lowest BCUT2D eigenvalue weighted by Gasteiger charge is -2.27. The lowest BCUT2D eigenvalue weighted by atomic mass is 10.2. The second-order valence-electron chi connectivity index (χ2n) is 4.14. The van der Waals surface area contributed by atoms with Crippen molar-refractivity contribution in [3.63, 3.8) is 0 Å². The standard InChI is InChI=1S/C11H15FN2O2S/c1-9-8-13-6-7-17(15,16)14(9)11-4-2-10(12)3-5-11/h2-5,9,13H,6-8H2,1H3. The molecule has 6 heteroatoms. The molecule has 1 saturated heterocycles. The molecule has 1 aliphatic heterocycles. The molecule has 1 atom stereocenters. The highest BCUT2D eigenvalue weighted by molar-refractivity contribution is 7.92. The fraction of sp³-hybridized carbons (Fsp3) is 0.455. The third-order valence-electron chi connectivity index (χ3n) is 2.76. The molecule has 1 aromatic carbocycles. The van der Waals surface area contributed by atoms with Crippen LogP contribution in [-0.2, 0) is 10.0 Å². The minimum Gasteiger partial charge on any atom is -0.314 e. The van der Waals surface area contributed by atoms with Gasteiger partial charge < -0.3 is 5.32 Å². The molecule has 17 heavy (non-hydrogen) atoms. The zero-order valence-electron chi connectivity index (χ0n) is 9.56. The maximum Gasteiger partial charge on any atom is 0.236 e. The van der Waals surface area contributed by atoms with Crippen LogP contribution >= 0.6 is 0 Å². The van der Waals surface area contributed by atoms with Crippen molar-refractivity contribution in [1.29, 1.82) is 0 Å². The summed E-state index contributed by atoms with van der Waals surface area (Å²) in [7, 11) is -3.33. The molecule has 0 spiro atoms. The number of rotatable bonds is 1. The third kappa shape index (κ3) is 2.58. The first-order valence-corrected chi connectivity index (χ1v) is 7.10. The molecular formula is C11H15FN2O2S. The minimum atomic E-state index is -3.33. The molecule has 4 nitrogen and oxygen atoms in total. The smallest absolute Gasteiger partial charge is 0.236 e. The van der Waals surface area contributed by atoms with E-state index in [1.54, 1.807) is 0 Å². The molecule has 2 rings (SSSR count). The molecule has 0 amide bonds. The van der Waals surface area contributed by atoms with E-state index in [1.807, 2.05) is 6.92 Å². The predicted octanol–water partition coefficient (Wildman–Crippen LogP) is 0.954. The predicted molar refractivity (Wildman–Crippen MR) is 65.0 cm³/mol. The second-order valence-corrected chi connectivity index (χ2v) is 6.11. The average Bonchev–Trinajstić information content (AvgIpc) is 2.39. The van der Waals surface area contributed by atoms with Gasteiger partial charge in [-0.1, -0.05) is 0 Å². The lowest BCUT2D eigenvalue weighted by Crippen LogP contribution is -2.41. The Morgan fingerprint density at radius 3 is 2.65 bits per heavy atom. The molecule has 1 fully saturated rings. The van der Waals surface area contributed by atoms with Crippen molar-refractivity contribution in [3.8, 4) is 0 Å². The Balaban J connectivity index is 2.41. The summed E-state index contributed by atoms with van der Waals surface area (Å²) in [5, 5.41) is 3.07. The van der Waals surface area contributed by atoms with Gasteiger partial charge >= 0.3 is 0 Å². The van der Waals surface area contributed by atoms with Crippen molar-refractivity contribution in [1.82, 2.24) is 5.32 Å². The number of benzene rings is 1. The van der Waals surface area contributed by atoms with Crippen molar-refractivity contribution in [2.45, 2.75) is 13.0 Å². The fourth-order valence-corrected chi connectivity index (χ4v) is 3.64. The van der Waals surface area contributed by atoms with Gasteiger partial charge in [-0.3, -0.25) is 4.31 Å². The Labute approximate surface area is 100 Å². The van der Waals surface area contributed by atoms with E-state index in [-0.39, 0.29) is 17.6 Å². The zero-order valence-corrected chi connectivity index (χ0v) is 10.4. The molecule has 0 bridgehead atoms. The third-order valence-corrected chi connectivity index (χ3v) is 4.65. The molecule has 1 heterocycles. The maximum atomic E-state index is 12.8. The van der Waals surface area contributed by atoms with Gasteiger partial charge in [-0.05, 0) is 31.2 Å². The number of sulfonamides is 1. The van der Waals surface area contributed by atoms with Crippen LogP contribution in [0.1, 0.15) is 6.92 Å². The first-order valence-electron chi connectivity index (χ1n) is 5.49. The van der Waals surface area contributed by atoms with Gasteiger partial charge in [0.1, 0.15) is 5.82 Å². The van der Waals surface area contributed by atoms with E-state index in [0.717, 1.165) is 0 Å². The zero-order chi connectivity index (χ0) is 12.5. The molecule has 1 aromatic rings. The topological polar surface area (TPSA) is 49.4 Å². The fourth-order valence-electron chi connectivity index (χ4n) is 1.97. The van der Waals surface area contributed by atoms with Gasteiger partial charge in [0.2, 0.25) is 10.0 Å². The number of anilines is 1. The summed E-state index contributed by atoms with van der Waals surface area (Å²) in [6, 6.07) is 5.36. The largest absolute Gasteiger partial charge is 0.314 e. The summed E-state index contributed by atoms with van der Waals surface area (Å²) in [6.07, 6.45) is 0. The molecule has 1 N–H and O–H groups in total. The minimum absolute atomic E-state index is 0.0642. The summed E-state index contributed by atoms with van der Waals surface area (Å²) >= 11 is 0. The first-order chi connectivity index (χ1) is 8.00.